The van der Waals surface area contributed by atoms with Crippen molar-refractivity contribution in [3.63, 3.8) is 0 Å². The van der Waals surface area contributed by atoms with Gasteiger partial charge in [0.25, 0.3) is 11.8 Å². The van der Waals surface area contributed by atoms with Crippen molar-refractivity contribution in [3.05, 3.63) is 84.4 Å². The van der Waals surface area contributed by atoms with Crippen molar-refractivity contribution < 1.29 is 14.3 Å². The SMILES string of the molecule is CCN(CC)C(=O)c1ccc(NC(=O)COc2ccccc2-c2ccccc2)cc1. The molecule has 30 heavy (non-hydrogen) atoms. The molecule has 0 spiro atoms. The molecule has 1 N–H and O–H groups in total. The van der Waals surface area contributed by atoms with Crippen LogP contribution in [0.5, 0.6) is 5.75 Å². The zero-order valence-electron chi connectivity index (χ0n) is 17.3. The predicted octanol–water partition coefficient (Wildman–Crippen LogP) is 4.85. The fourth-order valence-electron chi connectivity index (χ4n) is 3.18. The number of hydrogen-bond donors (Lipinski definition) is 1. The van der Waals surface area contributed by atoms with Crippen LogP contribution in [0.15, 0.2) is 78.9 Å². The number of rotatable bonds is 8. The van der Waals surface area contributed by atoms with E-state index in [0.717, 1.165) is 11.1 Å². The van der Waals surface area contributed by atoms with Crippen molar-refractivity contribution in [1.82, 2.24) is 4.90 Å². The van der Waals surface area contributed by atoms with Gasteiger partial charge in [0.2, 0.25) is 0 Å². The minimum Gasteiger partial charge on any atom is -0.483 e. The van der Waals surface area contributed by atoms with Gasteiger partial charge in [-0.05, 0) is 49.7 Å². The van der Waals surface area contributed by atoms with E-state index in [0.29, 0.717) is 30.1 Å². The Morgan fingerprint density at radius 2 is 1.47 bits per heavy atom. The topological polar surface area (TPSA) is 58.6 Å². The largest absolute Gasteiger partial charge is 0.483 e. The Morgan fingerprint density at radius 1 is 0.833 bits per heavy atom. The lowest BCUT2D eigenvalue weighted by atomic mass is 10.1. The second-order valence-corrected chi connectivity index (χ2v) is 6.75. The first-order valence-electron chi connectivity index (χ1n) is 10.1. The number of benzene rings is 3. The Balaban J connectivity index is 1.60. The first kappa shape index (κ1) is 21.1. The Hall–Kier alpha value is -3.60. The minimum absolute atomic E-state index is 0.0151. The molecular formula is C25H26N2O3. The molecule has 5 nitrogen and oxygen atoms in total. The number of ether oxygens (including phenoxy) is 1. The number of nitrogens with one attached hydrogen (secondary N) is 1. The maximum Gasteiger partial charge on any atom is 0.262 e. The van der Waals surface area contributed by atoms with Gasteiger partial charge in [-0.25, -0.2) is 0 Å². The summed E-state index contributed by atoms with van der Waals surface area (Å²) in [6.45, 7) is 5.12. The molecule has 0 bridgehead atoms. The molecule has 5 heteroatoms. The minimum atomic E-state index is -0.263. The quantitative estimate of drug-likeness (QED) is 0.586. The van der Waals surface area contributed by atoms with Crippen molar-refractivity contribution >= 4 is 17.5 Å². The third-order valence-corrected chi connectivity index (χ3v) is 4.80. The van der Waals surface area contributed by atoms with Crippen LogP contribution in [-0.4, -0.2) is 36.4 Å². The lowest BCUT2D eigenvalue weighted by Crippen LogP contribution is -2.30. The lowest BCUT2D eigenvalue weighted by molar-refractivity contribution is -0.118. The van der Waals surface area contributed by atoms with E-state index in [4.69, 9.17) is 4.74 Å². The summed E-state index contributed by atoms with van der Waals surface area (Å²) in [5, 5.41) is 2.81. The van der Waals surface area contributed by atoms with Crippen LogP contribution in [0, 0.1) is 0 Å². The molecule has 0 fully saturated rings. The summed E-state index contributed by atoms with van der Waals surface area (Å²) in [4.78, 5) is 26.5. The Labute approximate surface area is 177 Å². The second-order valence-electron chi connectivity index (χ2n) is 6.75. The zero-order chi connectivity index (χ0) is 21.3. The first-order chi connectivity index (χ1) is 14.6. The fourth-order valence-corrected chi connectivity index (χ4v) is 3.18. The van der Waals surface area contributed by atoms with Gasteiger partial charge in [0.1, 0.15) is 5.75 Å². The molecule has 154 valence electrons. The van der Waals surface area contributed by atoms with E-state index in [9.17, 15) is 9.59 Å². The standard InChI is InChI=1S/C25H26N2O3/c1-3-27(4-2)25(29)20-14-16-21(17-15-20)26-24(28)18-30-23-13-9-8-12-22(23)19-10-6-5-7-11-19/h5-17H,3-4,18H2,1-2H3,(H,26,28). The molecule has 3 aromatic rings. The number of amides is 2. The average Bonchev–Trinajstić information content (AvgIpc) is 2.80. The van der Waals surface area contributed by atoms with Crippen LogP contribution >= 0.6 is 0 Å². The van der Waals surface area contributed by atoms with Gasteiger partial charge in [-0.1, -0.05) is 48.5 Å². The molecule has 3 aromatic carbocycles. The number of para-hydroxylation sites is 1. The van der Waals surface area contributed by atoms with Gasteiger partial charge >= 0.3 is 0 Å². The van der Waals surface area contributed by atoms with Gasteiger partial charge in [-0.15, -0.1) is 0 Å². The highest BCUT2D eigenvalue weighted by Gasteiger charge is 2.13. The summed E-state index contributed by atoms with van der Waals surface area (Å²) >= 11 is 0. The monoisotopic (exact) mass is 402 g/mol. The second kappa shape index (κ2) is 10.3. The van der Waals surface area contributed by atoms with E-state index in [1.807, 2.05) is 68.4 Å². The van der Waals surface area contributed by atoms with Gasteiger partial charge in [0.05, 0.1) is 0 Å². The summed E-state index contributed by atoms with van der Waals surface area (Å²) in [5.74, 6) is 0.374. The van der Waals surface area contributed by atoms with Gasteiger partial charge < -0.3 is 15.0 Å². The normalized spacial score (nSPS) is 10.3. The lowest BCUT2D eigenvalue weighted by Gasteiger charge is -2.18. The van der Waals surface area contributed by atoms with Crippen LogP contribution < -0.4 is 10.1 Å². The Morgan fingerprint density at radius 3 is 2.13 bits per heavy atom. The van der Waals surface area contributed by atoms with Gasteiger partial charge in [0.15, 0.2) is 6.61 Å². The van der Waals surface area contributed by atoms with E-state index in [-0.39, 0.29) is 18.4 Å². The molecule has 2 amide bonds. The highest BCUT2D eigenvalue weighted by Crippen LogP contribution is 2.29. The molecule has 0 aliphatic rings. The van der Waals surface area contributed by atoms with Gasteiger partial charge in [-0.3, -0.25) is 9.59 Å². The van der Waals surface area contributed by atoms with E-state index >= 15 is 0 Å². The molecule has 0 saturated heterocycles. The zero-order valence-corrected chi connectivity index (χ0v) is 17.3. The van der Waals surface area contributed by atoms with E-state index in [1.165, 1.54) is 0 Å². The first-order valence-corrected chi connectivity index (χ1v) is 10.1. The molecule has 0 aromatic heterocycles. The average molecular weight is 402 g/mol. The van der Waals surface area contributed by atoms with Crippen LogP contribution in [0.25, 0.3) is 11.1 Å². The number of anilines is 1. The number of carbonyl (C=O) groups excluding carboxylic acids is 2. The number of nitrogens with zero attached hydrogens (tertiary/aromatic N) is 1. The van der Waals surface area contributed by atoms with Crippen molar-refractivity contribution in [2.24, 2.45) is 0 Å². The molecule has 0 atom stereocenters. The number of carbonyl (C=O) groups is 2. The molecule has 0 aliphatic heterocycles. The highest BCUT2D eigenvalue weighted by molar-refractivity contribution is 5.96. The van der Waals surface area contributed by atoms with Crippen molar-refractivity contribution in [3.8, 4) is 16.9 Å². The van der Waals surface area contributed by atoms with E-state index in [1.54, 1.807) is 29.2 Å². The summed E-state index contributed by atoms with van der Waals surface area (Å²) in [6, 6.07) is 24.4. The highest BCUT2D eigenvalue weighted by atomic mass is 16.5. The number of hydrogen-bond acceptors (Lipinski definition) is 3. The summed E-state index contributed by atoms with van der Waals surface area (Å²) in [7, 11) is 0. The van der Waals surface area contributed by atoms with Crippen LogP contribution in [-0.2, 0) is 4.79 Å². The summed E-state index contributed by atoms with van der Waals surface area (Å²) < 4.78 is 5.78. The third kappa shape index (κ3) is 5.26. The van der Waals surface area contributed by atoms with E-state index in [2.05, 4.69) is 5.32 Å². The predicted molar refractivity (Wildman–Crippen MR) is 120 cm³/mol. The molecular weight excluding hydrogens is 376 g/mol. The molecule has 3 rings (SSSR count). The third-order valence-electron chi connectivity index (χ3n) is 4.80. The maximum atomic E-state index is 12.4. The Kier molecular flexibility index (Phi) is 7.22. The summed E-state index contributed by atoms with van der Waals surface area (Å²) in [5.41, 5.74) is 3.19. The molecule has 0 aliphatic carbocycles. The molecule has 0 heterocycles. The Bertz CT molecular complexity index is 981. The smallest absolute Gasteiger partial charge is 0.262 e. The van der Waals surface area contributed by atoms with Crippen molar-refractivity contribution in [2.45, 2.75) is 13.8 Å². The van der Waals surface area contributed by atoms with Crippen LogP contribution in [0.1, 0.15) is 24.2 Å². The van der Waals surface area contributed by atoms with Gasteiger partial charge in [0, 0.05) is 29.9 Å². The maximum absolute atomic E-state index is 12.4. The van der Waals surface area contributed by atoms with Crippen LogP contribution in [0.3, 0.4) is 0 Å². The van der Waals surface area contributed by atoms with Crippen LogP contribution in [0.4, 0.5) is 5.69 Å². The molecule has 0 radical (unpaired) electrons. The van der Waals surface area contributed by atoms with Crippen LogP contribution in [0.2, 0.25) is 0 Å². The van der Waals surface area contributed by atoms with Gasteiger partial charge in [-0.2, -0.15) is 0 Å². The van der Waals surface area contributed by atoms with E-state index < -0.39 is 0 Å². The molecule has 0 saturated carbocycles. The fraction of sp³-hybridized carbons (Fsp3) is 0.200. The molecule has 0 unspecified atom stereocenters. The summed E-state index contributed by atoms with van der Waals surface area (Å²) in [6.07, 6.45) is 0. The van der Waals surface area contributed by atoms with Crippen molar-refractivity contribution in [1.29, 1.82) is 0 Å². The van der Waals surface area contributed by atoms with Crippen molar-refractivity contribution in [2.75, 3.05) is 25.0 Å².